The highest BCUT2D eigenvalue weighted by molar-refractivity contribution is 5.78. The highest BCUT2D eigenvalue weighted by Gasteiger charge is 2.31. The quantitative estimate of drug-likeness (QED) is 0.752. The number of nitrogens with one attached hydrogen (secondary N) is 1. The van der Waals surface area contributed by atoms with E-state index in [1.807, 2.05) is 39.0 Å². The molecular formula is C15H23NO4. The normalized spacial score (nSPS) is 12.8. The third kappa shape index (κ3) is 5.09. The van der Waals surface area contributed by atoms with Crippen molar-refractivity contribution in [2.75, 3.05) is 25.6 Å². The van der Waals surface area contributed by atoms with Crippen molar-refractivity contribution in [2.24, 2.45) is 5.41 Å². The van der Waals surface area contributed by atoms with E-state index in [4.69, 9.17) is 9.47 Å². The SMILES string of the molecule is COCCOc1cccc(NC(C(=O)O)C(C)(C)C)c1. The first-order chi connectivity index (χ1) is 9.34. The number of carboxylic acid groups (broad SMARTS) is 1. The van der Waals surface area contributed by atoms with Gasteiger partial charge in [0.25, 0.3) is 0 Å². The fourth-order valence-corrected chi connectivity index (χ4v) is 1.73. The van der Waals surface area contributed by atoms with Crippen LogP contribution < -0.4 is 10.1 Å². The summed E-state index contributed by atoms with van der Waals surface area (Å²) in [5.41, 5.74) is 0.334. The van der Waals surface area contributed by atoms with Crippen LogP contribution in [0.4, 0.5) is 5.69 Å². The molecule has 5 heteroatoms. The summed E-state index contributed by atoms with van der Waals surface area (Å²) in [5, 5.41) is 12.3. The lowest BCUT2D eigenvalue weighted by Crippen LogP contribution is -2.41. The molecule has 0 aliphatic carbocycles. The molecule has 0 bridgehead atoms. The highest BCUT2D eigenvalue weighted by atomic mass is 16.5. The molecule has 112 valence electrons. The Bertz CT molecular complexity index is 440. The van der Waals surface area contributed by atoms with Gasteiger partial charge in [-0.2, -0.15) is 0 Å². The average Bonchev–Trinajstić information content (AvgIpc) is 2.35. The third-order valence-corrected chi connectivity index (χ3v) is 2.81. The van der Waals surface area contributed by atoms with Crippen LogP contribution in [-0.4, -0.2) is 37.4 Å². The molecule has 20 heavy (non-hydrogen) atoms. The van der Waals surface area contributed by atoms with Crippen molar-refractivity contribution < 1.29 is 19.4 Å². The molecule has 0 spiro atoms. The number of rotatable bonds is 7. The van der Waals surface area contributed by atoms with E-state index in [0.29, 0.717) is 19.0 Å². The number of ether oxygens (including phenoxy) is 2. The molecule has 0 radical (unpaired) electrons. The first kappa shape index (κ1) is 16.3. The Kier molecular flexibility index (Phi) is 5.82. The fraction of sp³-hybridized carbons (Fsp3) is 0.533. The van der Waals surface area contributed by atoms with Gasteiger partial charge in [0.05, 0.1) is 6.61 Å². The van der Waals surface area contributed by atoms with Gasteiger partial charge in [-0.25, -0.2) is 4.79 Å². The summed E-state index contributed by atoms with van der Waals surface area (Å²) < 4.78 is 10.4. The second-order valence-electron chi connectivity index (χ2n) is 5.65. The van der Waals surface area contributed by atoms with Crippen LogP contribution in [0.15, 0.2) is 24.3 Å². The van der Waals surface area contributed by atoms with Crippen LogP contribution in [0.2, 0.25) is 0 Å². The molecule has 1 unspecified atom stereocenters. The molecular weight excluding hydrogens is 258 g/mol. The summed E-state index contributed by atoms with van der Waals surface area (Å²) in [6.07, 6.45) is 0. The zero-order chi connectivity index (χ0) is 15.2. The molecule has 2 N–H and O–H groups in total. The van der Waals surface area contributed by atoms with Crippen LogP contribution in [0.5, 0.6) is 5.75 Å². The highest BCUT2D eigenvalue weighted by Crippen LogP contribution is 2.25. The number of hydrogen-bond donors (Lipinski definition) is 2. The monoisotopic (exact) mass is 281 g/mol. The van der Waals surface area contributed by atoms with E-state index in [-0.39, 0.29) is 0 Å². The molecule has 0 amide bonds. The predicted octanol–water partition coefficient (Wildman–Crippen LogP) is 2.62. The molecule has 0 saturated carbocycles. The lowest BCUT2D eigenvalue weighted by molar-refractivity contribution is -0.140. The van der Waals surface area contributed by atoms with Crippen molar-refractivity contribution in [3.8, 4) is 5.75 Å². The minimum Gasteiger partial charge on any atom is -0.491 e. The van der Waals surface area contributed by atoms with E-state index in [0.717, 1.165) is 5.69 Å². The number of benzene rings is 1. The van der Waals surface area contributed by atoms with E-state index in [2.05, 4.69) is 5.32 Å². The van der Waals surface area contributed by atoms with Crippen LogP contribution in [-0.2, 0) is 9.53 Å². The predicted molar refractivity (Wildman–Crippen MR) is 78.3 cm³/mol. The zero-order valence-corrected chi connectivity index (χ0v) is 12.5. The third-order valence-electron chi connectivity index (χ3n) is 2.81. The number of carboxylic acids is 1. The summed E-state index contributed by atoms with van der Waals surface area (Å²) >= 11 is 0. The Balaban J connectivity index is 2.76. The second-order valence-corrected chi connectivity index (χ2v) is 5.65. The summed E-state index contributed by atoms with van der Waals surface area (Å²) in [4.78, 5) is 11.3. The van der Waals surface area contributed by atoms with Crippen molar-refractivity contribution in [3.63, 3.8) is 0 Å². The molecule has 5 nitrogen and oxygen atoms in total. The lowest BCUT2D eigenvalue weighted by Gasteiger charge is -2.28. The molecule has 1 rings (SSSR count). The first-order valence-corrected chi connectivity index (χ1v) is 6.55. The minimum absolute atomic E-state index is 0.390. The van der Waals surface area contributed by atoms with E-state index in [1.54, 1.807) is 13.2 Å². The Morgan fingerprint density at radius 2 is 2.05 bits per heavy atom. The number of aliphatic carboxylic acids is 1. The molecule has 1 aromatic rings. The largest absolute Gasteiger partial charge is 0.491 e. The summed E-state index contributed by atoms with van der Waals surface area (Å²) in [7, 11) is 1.61. The van der Waals surface area contributed by atoms with E-state index >= 15 is 0 Å². The fourth-order valence-electron chi connectivity index (χ4n) is 1.73. The van der Waals surface area contributed by atoms with E-state index in [1.165, 1.54) is 0 Å². The molecule has 0 saturated heterocycles. The average molecular weight is 281 g/mol. The summed E-state index contributed by atoms with van der Waals surface area (Å²) in [6, 6.07) is 6.60. The van der Waals surface area contributed by atoms with Crippen LogP contribution in [0.1, 0.15) is 20.8 Å². The number of carbonyl (C=O) groups is 1. The van der Waals surface area contributed by atoms with Gasteiger partial charge in [-0.05, 0) is 17.5 Å². The van der Waals surface area contributed by atoms with Gasteiger partial charge >= 0.3 is 5.97 Å². The van der Waals surface area contributed by atoms with E-state index < -0.39 is 17.4 Å². The Morgan fingerprint density at radius 1 is 1.35 bits per heavy atom. The number of anilines is 1. The molecule has 0 aliphatic rings. The van der Waals surface area contributed by atoms with Gasteiger partial charge in [0.15, 0.2) is 0 Å². The molecule has 0 fully saturated rings. The Morgan fingerprint density at radius 3 is 2.60 bits per heavy atom. The van der Waals surface area contributed by atoms with E-state index in [9.17, 15) is 9.90 Å². The molecule has 1 aromatic carbocycles. The zero-order valence-electron chi connectivity index (χ0n) is 12.5. The van der Waals surface area contributed by atoms with Gasteiger partial charge in [0.2, 0.25) is 0 Å². The Hall–Kier alpha value is -1.75. The van der Waals surface area contributed by atoms with Crippen molar-refractivity contribution >= 4 is 11.7 Å². The maximum Gasteiger partial charge on any atom is 0.326 e. The second kappa shape index (κ2) is 7.14. The minimum atomic E-state index is -0.872. The molecule has 0 aliphatic heterocycles. The van der Waals surface area contributed by atoms with Gasteiger partial charge in [-0.1, -0.05) is 26.8 Å². The molecule has 0 aromatic heterocycles. The lowest BCUT2D eigenvalue weighted by atomic mass is 9.86. The van der Waals surface area contributed by atoms with Gasteiger partial charge < -0.3 is 19.9 Å². The van der Waals surface area contributed by atoms with Crippen molar-refractivity contribution in [2.45, 2.75) is 26.8 Å². The van der Waals surface area contributed by atoms with Gasteiger partial charge in [-0.15, -0.1) is 0 Å². The molecule has 0 heterocycles. The number of methoxy groups -OCH3 is 1. The number of hydrogen-bond acceptors (Lipinski definition) is 4. The maximum atomic E-state index is 11.3. The van der Waals surface area contributed by atoms with Gasteiger partial charge in [0, 0.05) is 18.9 Å². The Labute approximate surface area is 119 Å². The molecule has 1 atom stereocenters. The van der Waals surface area contributed by atoms with Crippen LogP contribution in [0.3, 0.4) is 0 Å². The van der Waals surface area contributed by atoms with Crippen LogP contribution in [0.25, 0.3) is 0 Å². The van der Waals surface area contributed by atoms with Gasteiger partial charge in [0.1, 0.15) is 18.4 Å². The van der Waals surface area contributed by atoms with Crippen LogP contribution >= 0.6 is 0 Å². The maximum absolute atomic E-state index is 11.3. The standard InChI is InChI=1S/C15H23NO4/c1-15(2,3)13(14(17)18)16-11-6-5-7-12(10-11)20-9-8-19-4/h5-7,10,13,16H,8-9H2,1-4H3,(H,17,18). The topological polar surface area (TPSA) is 67.8 Å². The van der Waals surface area contributed by atoms with Crippen molar-refractivity contribution in [1.29, 1.82) is 0 Å². The van der Waals surface area contributed by atoms with Crippen molar-refractivity contribution in [3.05, 3.63) is 24.3 Å². The first-order valence-electron chi connectivity index (χ1n) is 6.55. The smallest absolute Gasteiger partial charge is 0.326 e. The summed E-state index contributed by atoms with van der Waals surface area (Å²) in [6.45, 7) is 6.63. The summed E-state index contributed by atoms with van der Waals surface area (Å²) in [5.74, 6) is -0.187. The van der Waals surface area contributed by atoms with Gasteiger partial charge in [-0.3, -0.25) is 0 Å². The van der Waals surface area contributed by atoms with Crippen molar-refractivity contribution in [1.82, 2.24) is 0 Å². The van der Waals surface area contributed by atoms with Crippen LogP contribution in [0, 0.1) is 5.41 Å².